The predicted octanol–water partition coefficient (Wildman–Crippen LogP) is 1.12. The van der Waals surface area contributed by atoms with Gasteiger partial charge in [0.2, 0.25) is 0 Å². The number of benzene rings is 1. The molecular weight excluding hydrogens is 324 g/mol. The van der Waals surface area contributed by atoms with Crippen LogP contribution < -0.4 is 10.2 Å². The van der Waals surface area contributed by atoms with Crippen LogP contribution in [-0.2, 0) is 14.6 Å². The van der Waals surface area contributed by atoms with Crippen LogP contribution >= 0.6 is 0 Å². The van der Waals surface area contributed by atoms with Gasteiger partial charge >= 0.3 is 0 Å². The Kier molecular flexibility index (Phi) is 5.25. The minimum atomic E-state index is -3.35. The van der Waals surface area contributed by atoms with Gasteiger partial charge in [-0.15, -0.1) is 0 Å². The van der Waals surface area contributed by atoms with E-state index in [1.807, 2.05) is 0 Å². The first-order valence-electron chi connectivity index (χ1n) is 8.86. The summed E-state index contributed by atoms with van der Waals surface area (Å²) in [6.07, 6.45) is 7.71. The van der Waals surface area contributed by atoms with Crippen molar-refractivity contribution in [1.82, 2.24) is 0 Å². The Hall–Kier alpha value is -1.40. The number of para-hydroxylation sites is 1. The summed E-state index contributed by atoms with van der Waals surface area (Å²) in [5.74, 6) is 1.52. The van der Waals surface area contributed by atoms with Crippen LogP contribution in [-0.4, -0.2) is 40.2 Å². The zero-order chi connectivity index (χ0) is 17.2. The third kappa shape index (κ3) is 4.16. The predicted molar refractivity (Wildman–Crippen MR) is 93.8 cm³/mol. The van der Waals surface area contributed by atoms with E-state index < -0.39 is 9.84 Å². The molecule has 1 amide bonds. The van der Waals surface area contributed by atoms with Crippen LogP contribution in [0.4, 0.5) is 5.69 Å². The van der Waals surface area contributed by atoms with Crippen molar-refractivity contribution in [3.8, 4) is 0 Å². The number of hydrogen-bond donors (Lipinski definition) is 2. The molecule has 1 aliphatic carbocycles. The van der Waals surface area contributed by atoms with Crippen molar-refractivity contribution in [1.29, 1.82) is 0 Å². The van der Waals surface area contributed by atoms with Crippen molar-refractivity contribution in [2.45, 2.75) is 37.0 Å². The van der Waals surface area contributed by atoms with E-state index >= 15 is 0 Å². The van der Waals surface area contributed by atoms with Crippen molar-refractivity contribution >= 4 is 21.4 Å². The van der Waals surface area contributed by atoms with E-state index in [0.717, 1.165) is 31.2 Å². The van der Waals surface area contributed by atoms with E-state index in [4.69, 9.17) is 0 Å². The van der Waals surface area contributed by atoms with E-state index in [2.05, 4.69) is 5.32 Å². The number of amides is 1. The summed E-state index contributed by atoms with van der Waals surface area (Å²) in [4.78, 5) is 13.9. The van der Waals surface area contributed by atoms with Crippen molar-refractivity contribution < 1.29 is 18.1 Å². The molecule has 1 saturated carbocycles. The molecule has 0 bridgehead atoms. The Morgan fingerprint density at radius 3 is 2.62 bits per heavy atom. The monoisotopic (exact) mass is 351 g/mol. The molecule has 2 aliphatic rings. The SMILES string of the molecule is CS(=O)(=O)c1ccccc1NC(=O)C[NH+]1CC[C@H]2CCCC[C@@H]2C1. The topological polar surface area (TPSA) is 67.7 Å². The number of fused-ring (bicyclic) bond motifs is 1. The number of hydrogen-bond acceptors (Lipinski definition) is 3. The summed E-state index contributed by atoms with van der Waals surface area (Å²) in [7, 11) is -3.35. The Labute approximate surface area is 144 Å². The number of carbonyl (C=O) groups excluding carboxylic acids is 1. The normalized spacial score (nSPS) is 27.3. The average molecular weight is 351 g/mol. The minimum Gasteiger partial charge on any atom is -0.327 e. The van der Waals surface area contributed by atoms with E-state index in [-0.39, 0.29) is 10.8 Å². The van der Waals surface area contributed by atoms with Gasteiger partial charge in [0.1, 0.15) is 0 Å². The van der Waals surface area contributed by atoms with Crippen LogP contribution in [0.25, 0.3) is 0 Å². The van der Waals surface area contributed by atoms with E-state index in [1.54, 1.807) is 18.2 Å². The molecule has 5 nitrogen and oxygen atoms in total. The molecule has 2 fully saturated rings. The molecule has 0 aromatic heterocycles. The second-order valence-electron chi connectivity index (χ2n) is 7.29. The summed E-state index contributed by atoms with van der Waals surface area (Å²) in [5, 5.41) is 2.80. The number of nitrogens with one attached hydrogen (secondary N) is 2. The maximum atomic E-state index is 12.4. The molecule has 132 valence electrons. The lowest BCUT2D eigenvalue weighted by atomic mass is 9.75. The van der Waals surface area contributed by atoms with Crippen LogP contribution in [0.5, 0.6) is 0 Å². The number of likely N-dealkylation sites (tertiary alicyclic amines) is 1. The van der Waals surface area contributed by atoms with Gasteiger partial charge in [-0.2, -0.15) is 0 Å². The first-order chi connectivity index (χ1) is 11.4. The Morgan fingerprint density at radius 1 is 1.17 bits per heavy atom. The third-order valence-electron chi connectivity index (χ3n) is 5.46. The molecule has 1 heterocycles. The lowest BCUT2D eigenvalue weighted by Gasteiger charge is -2.38. The number of carbonyl (C=O) groups is 1. The Bertz CT molecular complexity index is 702. The van der Waals surface area contributed by atoms with Crippen LogP contribution in [0.1, 0.15) is 32.1 Å². The molecule has 2 N–H and O–H groups in total. The minimum absolute atomic E-state index is 0.102. The quantitative estimate of drug-likeness (QED) is 0.854. The molecule has 6 heteroatoms. The molecule has 1 aromatic rings. The van der Waals surface area contributed by atoms with Crippen LogP contribution in [0.3, 0.4) is 0 Å². The van der Waals surface area contributed by atoms with Crippen molar-refractivity contribution in [3.63, 3.8) is 0 Å². The number of quaternary nitrogens is 1. The molecular formula is C18H27N2O3S+. The van der Waals surface area contributed by atoms with Crippen LogP contribution in [0.15, 0.2) is 29.2 Å². The standard InChI is InChI=1S/C18H26N2O3S/c1-24(22,23)17-9-5-4-8-16(17)19-18(21)13-20-11-10-14-6-2-3-7-15(14)12-20/h4-5,8-9,14-15H,2-3,6-7,10-13H2,1H3,(H,19,21)/p+1/t14-,15-/m1/s1. The van der Waals surface area contributed by atoms with Gasteiger partial charge in [0.25, 0.3) is 5.91 Å². The summed E-state index contributed by atoms with van der Waals surface area (Å²) in [5.41, 5.74) is 0.386. The lowest BCUT2D eigenvalue weighted by Crippen LogP contribution is -3.15. The van der Waals surface area contributed by atoms with Crippen molar-refractivity contribution in [2.24, 2.45) is 11.8 Å². The summed E-state index contributed by atoms with van der Waals surface area (Å²) >= 11 is 0. The Balaban J connectivity index is 1.60. The number of sulfone groups is 1. The fraction of sp³-hybridized carbons (Fsp3) is 0.611. The highest BCUT2D eigenvalue weighted by Crippen LogP contribution is 2.32. The van der Waals surface area contributed by atoms with Gasteiger partial charge < -0.3 is 10.2 Å². The van der Waals surface area contributed by atoms with E-state index in [0.29, 0.717) is 12.2 Å². The first kappa shape index (κ1) is 17.4. The number of piperidine rings is 1. The largest absolute Gasteiger partial charge is 0.327 e. The second-order valence-corrected chi connectivity index (χ2v) is 9.27. The lowest BCUT2D eigenvalue weighted by molar-refractivity contribution is -0.902. The van der Waals surface area contributed by atoms with E-state index in [9.17, 15) is 13.2 Å². The van der Waals surface area contributed by atoms with Gasteiger partial charge in [0.15, 0.2) is 16.4 Å². The maximum absolute atomic E-state index is 12.4. The fourth-order valence-corrected chi connectivity index (χ4v) is 5.12. The molecule has 0 radical (unpaired) electrons. The molecule has 3 atom stereocenters. The van der Waals surface area contributed by atoms with Gasteiger partial charge in [-0.1, -0.05) is 25.0 Å². The molecule has 1 aromatic carbocycles. The van der Waals surface area contributed by atoms with Crippen molar-refractivity contribution in [2.75, 3.05) is 31.2 Å². The zero-order valence-electron chi connectivity index (χ0n) is 14.3. The van der Waals surface area contributed by atoms with Gasteiger partial charge in [-0.3, -0.25) is 4.79 Å². The highest BCUT2D eigenvalue weighted by Gasteiger charge is 2.34. The van der Waals surface area contributed by atoms with Crippen LogP contribution in [0, 0.1) is 11.8 Å². The van der Waals surface area contributed by atoms with E-state index in [1.165, 1.54) is 43.1 Å². The molecule has 1 aliphatic heterocycles. The van der Waals surface area contributed by atoms with Crippen molar-refractivity contribution in [3.05, 3.63) is 24.3 Å². The first-order valence-corrected chi connectivity index (χ1v) is 10.7. The molecule has 1 saturated heterocycles. The zero-order valence-corrected chi connectivity index (χ0v) is 15.1. The highest BCUT2D eigenvalue weighted by atomic mass is 32.2. The second kappa shape index (κ2) is 7.23. The van der Waals surface area contributed by atoms with Gasteiger partial charge in [-0.25, -0.2) is 8.42 Å². The summed E-state index contributed by atoms with van der Waals surface area (Å²) in [6, 6.07) is 6.60. The van der Waals surface area contributed by atoms with Crippen LogP contribution in [0.2, 0.25) is 0 Å². The Morgan fingerprint density at radius 2 is 1.88 bits per heavy atom. The summed E-state index contributed by atoms with van der Waals surface area (Å²) in [6.45, 7) is 2.54. The molecule has 0 spiro atoms. The molecule has 1 unspecified atom stereocenters. The third-order valence-corrected chi connectivity index (χ3v) is 6.61. The van der Waals surface area contributed by atoms with Gasteiger partial charge in [0, 0.05) is 12.2 Å². The molecule has 24 heavy (non-hydrogen) atoms. The number of anilines is 1. The highest BCUT2D eigenvalue weighted by molar-refractivity contribution is 7.90. The average Bonchev–Trinajstić information content (AvgIpc) is 2.54. The number of rotatable bonds is 4. The molecule has 3 rings (SSSR count). The van der Waals surface area contributed by atoms with Gasteiger partial charge in [0.05, 0.1) is 23.7 Å². The summed E-state index contributed by atoms with van der Waals surface area (Å²) < 4.78 is 23.7. The maximum Gasteiger partial charge on any atom is 0.279 e. The fourth-order valence-electron chi connectivity index (χ4n) is 4.27. The smallest absolute Gasteiger partial charge is 0.279 e. The van der Waals surface area contributed by atoms with Gasteiger partial charge in [-0.05, 0) is 37.3 Å².